The van der Waals surface area contributed by atoms with E-state index >= 15 is 0 Å². The summed E-state index contributed by atoms with van der Waals surface area (Å²) in [4.78, 5) is 11.8. The molecule has 0 fully saturated rings. The monoisotopic (exact) mass is 238 g/mol. The fourth-order valence-electron chi connectivity index (χ4n) is 1.63. The lowest BCUT2D eigenvalue weighted by Crippen LogP contribution is -2.42. The van der Waals surface area contributed by atoms with Gasteiger partial charge in [0.1, 0.15) is 5.76 Å². The maximum atomic E-state index is 11.8. The molecular formula is C13H22N2O2. The Balaban J connectivity index is 2.49. The number of nitrogens with one attached hydrogen (secondary N) is 1. The second-order valence-corrected chi connectivity index (χ2v) is 5.09. The van der Waals surface area contributed by atoms with Gasteiger partial charge in [-0.1, -0.05) is 12.1 Å². The van der Waals surface area contributed by atoms with Crippen LogP contribution in [-0.2, 0) is 11.2 Å². The minimum absolute atomic E-state index is 0.0804. The van der Waals surface area contributed by atoms with Crippen molar-refractivity contribution in [2.45, 2.75) is 59.4 Å². The number of carbonyl (C=O) groups is 1. The summed E-state index contributed by atoms with van der Waals surface area (Å²) in [5.41, 5.74) is 1.80. The third kappa shape index (κ3) is 3.88. The Morgan fingerprint density at radius 1 is 1.41 bits per heavy atom. The Morgan fingerprint density at radius 3 is 2.53 bits per heavy atom. The number of amides is 1. The van der Waals surface area contributed by atoms with Gasteiger partial charge in [-0.2, -0.15) is 0 Å². The molecule has 0 bridgehead atoms. The minimum atomic E-state index is -0.129. The maximum Gasteiger partial charge on any atom is 0.220 e. The van der Waals surface area contributed by atoms with Crippen molar-refractivity contribution in [1.82, 2.24) is 10.5 Å². The van der Waals surface area contributed by atoms with Gasteiger partial charge in [0.25, 0.3) is 0 Å². The van der Waals surface area contributed by atoms with Crippen molar-refractivity contribution < 1.29 is 9.32 Å². The van der Waals surface area contributed by atoms with Crippen LogP contribution in [0, 0.1) is 13.8 Å². The highest BCUT2D eigenvalue weighted by atomic mass is 16.5. The van der Waals surface area contributed by atoms with Gasteiger partial charge in [-0.3, -0.25) is 4.79 Å². The summed E-state index contributed by atoms with van der Waals surface area (Å²) in [6, 6.07) is 0. The summed E-state index contributed by atoms with van der Waals surface area (Å²) in [5.74, 6) is 0.891. The Labute approximate surface area is 103 Å². The Morgan fingerprint density at radius 2 is 2.06 bits per heavy atom. The third-order valence-electron chi connectivity index (χ3n) is 3.14. The van der Waals surface area contributed by atoms with Gasteiger partial charge in [0.2, 0.25) is 5.91 Å². The van der Waals surface area contributed by atoms with E-state index in [1.54, 1.807) is 0 Å². The smallest absolute Gasteiger partial charge is 0.220 e. The molecule has 4 nitrogen and oxygen atoms in total. The van der Waals surface area contributed by atoms with Gasteiger partial charge in [0.05, 0.1) is 5.69 Å². The van der Waals surface area contributed by atoms with E-state index in [4.69, 9.17) is 4.52 Å². The van der Waals surface area contributed by atoms with Gasteiger partial charge in [-0.15, -0.1) is 0 Å². The molecule has 1 amide bonds. The molecule has 17 heavy (non-hydrogen) atoms. The maximum absolute atomic E-state index is 11.8. The van der Waals surface area contributed by atoms with Crippen molar-refractivity contribution in [2.75, 3.05) is 0 Å². The van der Waals surface area contributed by atoms with E-state index in [1.807, 2.05) is 27.7 Å². The molecule has 1 heterocycles. The fourth-order valence-corrected chi connectivity index (χ4v) is 1.63. The number of rotatable bonds is 5. The quantitative estimate of drug-likeness (QED) is 0.857. The normalized spacial score (nSPS) is 11.6. The highest BCUT2D eigenvalue weighted by Crippen LogP contribution is 2.15. The molecule has 0 unspecified atom stereocenters. The molecule has 1 N–H and O–H groups in total. The molecule has 0 atom stereocenters. The molecule has 1 aromatic heterocycles. The SMILES string of the molecule is CCC(C)(C)NC(=O)CCc1c(C)noc1C. The molecule has 0 aliphatic heterocycles. The molecule has 0 saturated heterocycles. The van der Waals surface area contributed by atoms with E-state index in [-0.39, 0.29) is 11.4 Å². The molecular weight excluding hydrogens is 216 g/mol. The molecule has 0 aliphatic rings. The Bertz CT molecular complexity index is 375. The van der Waals surface area contributed by atoms with E-state index in [1.165, 1.54) is 0 Å². The van der Waals surface area contributed by atoms with E-state index in [2.05, 4.69) is 17.4 Å². The number of nitrogens with zero attached hydrogens (tertiary/aromatic N) is 1. The summed E-state index contributed by atoms with van der Waals surface area (Å²) >= 11 is 0. The number of aryl methyl sites for hydroxylation is 2. The predicted molar refractivity (Wildman–Crippen MR) is 66.8 cm³/mol. The van der Waals surface area contributed by atoms with Crippen molar-refractivity contribution in [3.63, 3.8) is 0 Å². The molecule has 1 rings (SSSR count). The molecule has 0 radical (unpaired) electrons. The Kier molecular flexibility index (Phi) is 4.32. The van der Waals surface area contributed by atoms with E-state index in [0.29, 0.717) is 12.8 Å². The van der Waals surface area contributed by atoms with Crippen molar-refractivity contribution in [2.24, 2.45) is 0 Å². The summed E-state index contributed by atoms with van der Waals surface area (Å²) in [6.45, 7) is 9.90. The van der Waals surface area contributed by atoms with Gasteiger partial charge in [0, 0.05) is 17.5 Å². The van der Waals surface area contributed by atoms with Crippen LogP contribution in [0.3, 0.4) is 0 Å². The summed E-state index contributed by atoms with van der Waals surface area (Å²) in [7, 11) is 0. The van der Waals surface area contributed by atoms with Crippen LogP contribution in [0.1, 0.15) is 50.6 Å². The van der Waals surface area contributed by atoms with Gasteiger partial charge in [0.15, 0.2) is 0 Å². The Hall–Kier alpha value is -1.32. The van der Waals surface area contributed by atoms with Gasteiger partial charge in [-0.05, 0) is 40.5 Å². The van der Waals surface area contributed by atoms with Crippen molar-refractivity contribution in [3.8, 4) is 0 Å². The molecule has 0 aliphatic carbocycles. The van der Waals surface area contributed by atoms with E-state index in [0.717, 1.165) is 23.4 Å². The van der Waals surface area contributed by atoms with Crippen LogP contribution in [-0.4, -0.2) is 16.6 Å². The zero-order valence-corrected chi connectivity index (χ0v) is 11.4. The van der Waals surface area contributed by atoms with Crippen molar-refractivity contribution in [3.05, 3.63) is 17.0 Å². The van der Waals surface area contributed by atoms with Crippen LogP contribution in [0.15, 0.2) is 4.52 Å². The molecule has 1 aromatic rings. The van der Waals surface area contributed by atoms with E-state index in [9.17, 15) is 4.79 Å². The zero-order valence-electron chi connectivity index (χ0n) is 11.4. The largest absolute Gasteiger partial charge is 0.361 e. The minimum Gasteiger partial charge on any atom is -0.361 e. The second-order valence-electron chi connectivity index (χ2n) is 5.09. The first kappa shape index (κ1) is 13.7. The molecule has 96 valence electrons. The lowest BCUT2D eigenvalue weighted by Gasteiger charge is -2.24. The third-order valence-corrected chi connectivity index (χ3v) is 3.14. The number of hydrogen-bond acceptors (Lipinski definition) is 3. The second kappa shape index (κ2) is 5.34. The fraction of sp³-hybridized carbons (Fsp3) is 0.692. The molecule has 4 heteroatoms. The van der Waals surface area contributed by atoms with Crippen LogP contribution in [0.25, 0.3) is 0 Å². The zero-order chi connectivity index (χ0) is 13.1. The van der Waals surface area contributed by atoms with Crippen LogP contribution in [0.4, 0.5) is 0 Å². The number of carbonyl (C=O) groups excluding carboxylic acids is 1. The van der Waals surface area contributed by atoms with Gasteiger partial charge >= 0.3 is 0 Å². The number of hydrogen-bond donors (Lipinski definition) is 1. The van der Waals surface area contributed by atoms with Crippen LogP contribution in [0.2, 0.25) is 0 Å². The molecule has 0 saturated carbocycles. The van der Waals surface area contributed by atoms with Gasteiger partial charge in [-0.25, -0.2) is 0 Å². The topological polar surface area (TPSA) is 55.1 Å². The lowest BCUT2D eigenvalue weighted by atomic mass is 10.0. The predicted octanol–water partition coefficient (Wildman–Crippen LogP) is 2.53. The first-order valence-corrected chi connectivity index (χ1v) is 6.08. The van der Waals surface area contributed by atoms with Crippen molar-refractivity contribution in [1.29, 1.82) is 0 Å². The van der Waals surface area contributed by atoms with Crippen LogP contribution >= 0.6 is 0 Å². The van der Waals surface area contributed by atoms with Crippen LogP contribution in [0.5, 0.6) is 0 Å². The highest BCUT2D eigenvalue weighted by Gasteiger charge is 2.18. The molecule has 0 spiro atoms. The number of aromatic nitrogens is 1. The van der Waals surface area contributed by atoms with Crippen LogP contribution < -0.4 is 5.32 Å². The average molecular weight is 238 g/mol. The summed E-state index contributed by atoms with van der Waals surface area (Å²) in [5, 5.41) is 6.90. The van der Waals surface area contributed by atoms with E-state index < -0.39 is 0 Å². The first-order chi connectivity index (χ1) is 7.85. The summed E-state index contributed by atoms with van der Waals surface area (Å²) in [6.07, 6.45) is 2.09. The summed E-state index contributed by atoms with van der Waals surface area (Å²) < 4.78 is 5.07. The lowest BCUT2D eigenvalue weighted by molar-refractivity contribution is -0.122. The standard InChI is InChI=1S/C13H22N2O2/c1-6-13(4,5)14-12(16)8-7-11-9(2)15-17-10(11)3/h6-8H2,1-5H3,(H,14,16). The molecule has 0 aromatic carbocycles. The highest BCUT2D eigenvalue weighted by molar-refractivity contribution is 5.77. The average Bonchev–Trinajstić information content (AvgIpc) is 2.55. The first-order valence-electron chi connectivity index (χ1n) is 6.08. The van der Waals surface area contributed by atoms with Gasteiger partial charge < -0.3 is 9.84 Å². The van der Waals surface area contributed by atoms with Crippen molar-refractivity contribution >= 4 is 5.91 Å².